The summed E-state index contributed by atoms with van der Waals surface area (Å²) in [6.45, 7) is 5.44. The third-order valence-electron chi connectivity index (χ3n) is 2.32. The van der Waals surface area contributed by atoms with Gasteiger partial charge in [0.25, 0.3) is 0 Å². The number of carbonyl (C=O) groups is 1. The largest absolute Gasteiger partial charge is 0.442 e. The summed E-state index contributed by atoms with van der Waals surface area (Å²) in [5, 5.41) is 4.65. The Hall–Kier alpha value is -1.81. The average Bonchev–Trinajstić information content (AvgIpc) is 2.75. The van der Waals surface area contributed by atoms with Gasteiger partial charge in [0, 0.05) is 16.8 Å². The molecule has 0 atom stereocenters. The quantitative estimate of drug-likeness (QED) is 0.792. The second kappa shape index (κ2) is 5.05. The van der Waals surface area contributed by atoms with Crippen LogP contribution in [0.25, 0.3) is 11.1 Å². The van der Waals surface area contributed by atoms with E-state index in [1.807, 2.05) is 39.0 Å². The Morgan fingerprint density at radius 1 is 1.32 bits per heavy atom. The first-order chi connectivity index (χ1) is 8.85. The lowest BCUT2D eigenvalue weighted by atomic mass is 10.1. The van der Waals surface area contributed by atoms with E-state index in [1.165, 1.54) is 4.68 Å². The van der Waals surface area contributed by atoms with Crippen LogP contribution in [0.1, 0.15) is 20.8 Å². The highest BCUT2D eigenvalue weighted by atomic mass is 35.5. The van der Waals surface area contributed by atoms with E-state index in [2.05, 4.69) is 5.10 Å². The number of rotatable bonds is 1. The Kier molecular flexibility index (Phi) is 3.62. The van der Waals surface area contributed by atoms with Crippen LogP contribution in [-0.4, -0.2) is 21.5 Å². The van der Waals surface area contributed by atoms with Crippen molar-refractivity contribution >= 4 is 17.7 Å². The van der Waals surface area contributed by atoms with Crippen LogP contribution >= 0.6 is 11.6 Å². The second-order valence-corrected chi connectivity index (χ2v) is 5.60. The van der Waals surface area contributed by atoms with Gasteiger partial charge in [0.1, 0.15) is 5.60 Å². The molecule has 0 radical (unpaired) electrons. The smallest absolute Gasteiger partial charge is 0.435 e. The number of aromatic nitrogens is 2. The SMILES string of the molecule is CC(C)(C)OC(=O)n1cc(-c2cccc(Cl)c2)cn1. The summed E-state index contributed by atoms with van der Waals surface area (Å²) in [7, 11) is 0. The van der Waals surface area contributed by atoms with Gasteiger partial charge in [-0.05, 0) is 38.5 Å². The van der Waals surface area contributed by atoms with Crippen molar-refractivity contribution in [2.24, 2.45) is 0 Å². The van der Waals surface area contributed by atoms with E-state index < -0.39 is 11.7 Å². The molecule has 100 valence electrons. The molecule has 1 aromatic carbocycles. The summed E-state index contributed by atoms with van der Waals surface area (Å²) in [5.41, 5.74) is 1.18. The van der Waals surface area contributed by atoms with Gasteiger partial charge in [-0.3, -0.25) is 0 Å². The van der Waals surface area contributed by atoms with Crippen molar-refractivity contribution in [3.8, 4) is 11.1 Å². The van der Waals surface area contributed by atoms with Gasteiger partial charge >= 0.3 is 6.09 Å². The molecule has 19 heavy (non-hydrogen) atoms. The van der Waals surface area contributed by atoms with Crippen molar-refractivity contribution < 1.29 is 9.53 Å². The van der Waals surface area contributed by atoms with Crippen molar-refractivity contribution in [2.45, 2.75) is 26.4 Å². The molecule has 0 aliphatic carbocycles. The van der Waals surface area contributed by atoms with Crippen molar-refractivity contribution in [3.63, 3.8) is 0 Å². The van der Waals surface area contributed by atoms with Crippen LogP contribution in [0.2, 0.25) is 5.02 Å². The van der Waals surface area contributed by atoms with Gasteiger partial charge < -0.3 is 4.74 Å². The first-order valence-electron chi connectivity index (χ1n) is 5.89. The summed E-state index contributed by atoms with van der Waals surface area (Å²) < 4.78 is 6.41. The van der Waals surface area contributed by atoms with E-state index in [0.29, 0.717) is 5.02 Å². The molecule has 0 saturated carbocycles. The molecule has 5 heteroatoms. The lowest BCUT2D eigenvalue weighted by molar-refractivity contribution is 0.0514. The van der Waals surface area contributed by atoms with E-state index in [9.17, 15) is 4.79 Å². The van der Waals surface area contributed by atoms with Crippen molar-refractivity contribution in [1.29, 1.82) is 0 Å². The maximum atomic E-state index is 11.8. The molecule has 2 rings (SSSR count). The molecule has 4 nitrogen and oxygen atoms in total. The maximum absolute atomic E-state index is 11.8. The number of nitrogens with zero attached hydrogens (tertiary/aromatic N) is 2. The summed E-state index contributed by atoms with van der Waals surface area (Å²) in [4.78, 5) is 11.8. The Morgan fingerprint density at radius 2 is 2.05 bits per heavy atom. The van der Waals surface area contributed by atoms with Gasteiger partial charge in [0.2, 0.25) is 0 Å². The number of hydrogen-bond donors (Lipinski definition) is 0. The molecule has 0 amide bonds. The van der Waals surface area contributed by atoms with Crippen molar-refractivity contribution in [3.05, 3.63) is 41.7 Å². The highest BCUT2D eigenvalue weighted by molar-refractivity contribution is 6.30. The highest BCUT2D eigenvalue weighted by Crippen LogP contribution is 2.22. The molecule has 0 aliphatic heterocycles. The molecule has 0 bridgehead atoms. The Labute approximate surface area is 116 Å². The van der Waals surface area contributed by atoms with Gasteiger partial charge in [0.05, 0.1) is 6.20 Å². The summed E-state index contributed by atoms with van der Waals surface area (Å²) in [6.07, 6.45) is 2.73. The molecule has 0 saturated heterocycles. The first kappa shape index (κ1) is 13.6. The second-order valence-electron chi connectivity index (χ2n) is 5.16. The molecule has 0 unspecified atom stereocenters. The zero-order chi connectivity index (χ0) is 14.0. The van der Waals surface area contributed by atoms with Crippen LogP contribution in [0.15, 0.2) is 36.7 Å². The third-order valence-corrected chi connectivity index (χ3v) is 2.56. The molecule has 1 heterocycles. The fourth-order valence-corrected chi connectivity index (χ4v) is 1.74. The lowest BCUT2D eigenvalue weighted by Crippen LogP contribution is -2.27. The van der Waals surface area contributed by atoms with E-state index in [0.717, 1.165) is 11.1 Å². The summed E-state index contributed by atoms with van der Waals surface area (Å²) >= 11 is 5.93. The van der Waals surface area contributed by atoms with Gasteiger partial charge in [-0.2, -0.15) is 9.78 Å². The topological polar surface area (TPSA) is 44.1 Å². The van der Waals surface area contributed by atoms with Crippen LogP contribution in [0.4, 0.5) is 4.79 Å². The first-order valence-corrected chi connectivity index (χ1v) is 6.27. The lowest BCUT2D eigenvalue weighted by Gasteiger charge is -2.18. The molecular weight excluding hydrogens is 264 g/mol. The highest BCUT2D eigenvalue weighted by Gasteiger charge is 2.18. The van der Waals surface area contributed by atoms with Crippen LogP contribution < -0.4 is 0 Å². The van der Waals surface area contributed by atoms with Crippen molar-refractivity contribution in [2.75, 3.05) is 0 Å². The minimum atomic E-state index is -0.542. The summed E-state index contributed by atoms with van der Waals surface area (Å²) in [6, 6.07) is 7.37. The third kappa shape index (κ3) is 3.58. The van der Waals surface area contributed by atoms with Crippen LogP contribution in [0, 0.1) is 0 Å². The van der Waals surface area contributed by atoms with Gasteiger partial charge in [-0.15, -0.1) is 0 Å². The minimum Gasteiger partial charge on any atom is -0.442 e. The van der Waals surface area contributed by atoms with Crippen LogP contribution in [0.5, 0.6) is 0 Å². The molecule has 2 aromatic rings. The monoisotopic (exact) mass is 278 g/mol. The normalized spacial score (nSPS) is 11.4. The Balaban J connectivity index is 2.22. The van der Waals surface area contributed by atoms with E-state index in [-0.39, 0.29) is 0 Å². The molecular formula is C14H15ClN2O2. The van der Waals surface area contributed by atoms with E-state index in [1.54, 1.807) is 18.5 Å². The fourth-order valence-electron chi connectivity index (χ4n) is 1.55. The Morgan fingerprint density at radius 3 is 2.68 bits per heavy atom. The molecule has 1 aromatic heterocycles. The number of carbonyl (C=O) groups excluding carboxylic acids is 1. The molecule has 0 N–H and O–H groups in total. The summed E-state index contributed by atoms with van der Waals surface area (Å²) in [5.74, 6) is 0. The maximum Gasteiger partial charge on any atom is 0.435 e. The Bertz CT molecular complexity index is 599. The molecule has 0 fully saturated rings. The number of benzene rings is 1. The minimum absolute atomic E-state index is 0.499. The molecule has 0 spiro atoms. The zero-order valence-electron chi connectivity index (χ0n) is 11.1. The van der Waals surface area contributed by atoms with Gasteiger partial charge in [-0.1, -0.05) is 23.7 Å². The predicted molar refractivity (Wildman–Crippen MR) is 74.3 cm³/mol. The average molecular weight is 279 g/mol. The van der Waals surface area contributed by atoms with Crippen LogP contribution in [0.3, 0.4) is 0 Å². The molecule has 0 aliphatic rings. The standard InChI is InChI=1S/C14H15ClN2O2/c1-14(2,3)19-13(18)17-9-11(8-16-17)10-5-4-6-12(15)7-10/h4-9H,1-3H3. The van der Waals surface area contributed by atoms with Crippen LogP contribution in [-0.2, 0) is 4.74 Å². The van der Waals surface area contributed by atoms with Crippen molar-refractivity contribution in [1.82, 2.24) is 9.78 Å². The number of ether oxygens (including phenoxy) is 1. The zero-order valence-corrected chi connectivity index (χ0v) is 11.8. The number of hydrogen-bond acceptors (Lipinski definition) is 3. The van der Waals surface area contributed by atoms with E-state index >= 15 is 0 Å². The van der Waals surface area contributed by atoms with Gasteiger partial charge in [-0.25, -0.2) is 4.79 Å². The number of halogens is 1. The van der Waals surface area contributed by atoms with E-state index in [4.69, 9.17) is 16.3 Å². The fraction of sp³-hybridized carbons (Fsp3) is 0.286. The van der Waals surface area contributed by atoms with Gasteiger partial charge in [0.15, 0.2) is 0 Å². The predicted octanol–water partition coefficient (Wildman–Crippen LogP) is 3.99.